The molecular weight excluding hydrogens is 178 g/mol. The third kappa shape index (κ3) is 8.05. The van der Waals surface area contributed by atoms with E-state index < -0.39 is 0 Å². The normalized spacial score (nSPS) is 13.8. The van der Waals surface area contributed by atoms with E-state index in [0.29, 0.717) is 6.42 Å². The number of carbonyl (C=O) groups excluding carboxylic acids is 1. The van der Waals surface area contributed by atoms with E-state index >= 15 is 0 Å². The van der Waals surface area contributed by atoms with Gasteiger partial charge >= 0.3 is 0 Å². The van der Waals surface area contributed by atoms with Crippen LogP contribution in [0.5, 0.6) is 0 Å². The molecular formula is C11H23NO2. The van der Waals surface area contributed by atoms with Crippen LogP contribution in [0.25, 0.3) is 0 Å². The molecule has 0 spiro atoms. The Kier molecular flexibility index (Phi) is 5.77. The molecule has 1 unspecified atom stereocenters. The van der Waals surface area contributed by atoms with Crippen molar-refractivity contribution in [3.05, 3.63) is 0 Å². The molecule has 2 N–H and O–H groups in total. The first-order chi connectivity index (χ1) is 6.35. The highest BCUT2D eigenvalue weighted by Gasteiger charge is 2.16. The van der Waals surface area contributed by atoms with Gasteiger partial charge in [-0.1, -0.05) is 20.8 Å². The second-order valence-corrected chi connectivity index (χ2v) is 5.07. The molecule has 0 saturated carbocycles. The quantitative estimate of drug-likeness (QED) is 0.711. The standard InChI is InChI=1S/C11H23NO2/c1-9(6-5-7-13)12-10(14)8-11(2,3)4/h9,13H,5-8H2,1-4H3,(H,12,14). The van der Waals surface area contributed by atoms with Crippen molar-refractivity contribution in [3.8, 4) is 0 Å². The summed E-state index contributed by atoms with van der Waals surface area (Å²) in [5.41, 5.74) is 0.0424. The lowest BCUT2D eigenvalue weighted by molar-refractivity contribution is -0.123. The summed E-state index contributed by atoms with van der Waals surface area (Å²) >= 11 is 0. The van der Waals surface area contributed by atoms with E-state index in [9.17, 15) is 4.79 Å². The molecule has 0 rings (SSSR count). The average Bonchev–Trinajstić information content (AvgIpc) is 1.96. The Morgan fingerprint density at radius 3 is 2.43 bits per heavy atom. The van der Waals surface area contributed by atoms with Gasteiger partial charge in [-0.25, -0.2) is 0 Å². The van der Waals surface area contributed by atoms with Crippen LogP contribution >= 0.6 is 0 Å². The minimum atomic E-state index is 0.0424. The van der Waals surface area contributed by atoms with E-state index in [0.717, 1.165) is 12.8 Å². The SMILES string of the molecule is CC(CCCO)NC(=O)CC(C)(C)C. The zero-order chi connectivity index (χ0) is 11.2. The molecule has 0 aromatic heterocycles. The molecule has 1 atom stereocenters. The maximum Gasteiger partial charge on any atom is 0.220 e. The van der Waals surface area contributed by atoms with E-state index in [-0.39, 0.29) is 24.0 Å². The summed E-state index contributed by atoms with van der Waals surface area (Å²) in [6.45, 7) is 8.30. The number of hydrogen-bond acceptors (Lipinski definition) is 2. The van der Waals surface area contributed by atoms with Crippen molar-refractivity contribution in [1.82, 2.24) is 5.32 Å². The molecule has 14 heavy (non-hydrogen) atoms. The van der Waals surface area contributed by atoms with Crippen molar-refractivity contribution in [2.45, 2.75) is 53.0 Å². The molecule has 84 valence electrons. The summed E-state index contributed by atoms with van der Waals surface area (Å²) in [6.07, 6.45) is 2.14. The largest absolute Gasteiger partial charge is 0.396 e. The highest BCUT2D eigenvalue weighted by Crippen LogP contribution is 2.18. The van der Waals surface area contributed by atoms with Crippen molar-refractivity contribution in [2.24, 2.45) is 5.41 Å². The molecule has 0 aliphatic rings. The predicted octanol–water partition coefficient (Wildman–Crippen LogP) is 1.70. The maximum absolute atomic E-state index is 11.5. The van der Waals surface area contributed by atoms with Crippen LogP contribution in [0.2, 0.25) is 0 Å². The third-order valence-corrected chi connectivity index (χ3v) is 1.89. The fourth-order valence-corrected chi connectivity index (χ4v) is 1.28. The molecule has 0 aliphatic heterocycles. The molecule has 0 fully saturated rings. The fourth-order valence-electron chi connectivity index (χ4n) is 1.28. The van der Waals surface area contributed by atoms with Crippen LogP contribution in [-0.2, 0) is 4.79 Å². The molecule has 0 aromatic carbocycles. The Labute approximate surface area is 86.9 Å². The number of rotatable bonds is 5. The molecule has 0 aliphatic carbocycles. The molecule has 0 aromatic rings. The van der Waals surface area contributed by atoms with Crippen molar-refractivity contribution in [2.75, 3.05) is 6.61 Å². The van der Waals surface area contributed by atoms with Gasteiger partial charge in [-0.05, 0) is 25.2 Å². The van der Waals surface area contributed by atoms with Crippen LogP contribution in [-0.4, -0.2) is 23.7 Å². The highest BCUT2D eigenvalue weighted by atomic mass is 16.2. The van der Waals surface area contributed by atoms with Crippen LogP contribution < -0.4 is 5.32 Å². The number of aliphatic hydroxyl groups excluding tert-OH is 1. The smallest absolute Gasteiger partial charge is 0.220 e. The number of carbonyl (C=O) groups is 1. The number of hydrogen-bond donors (Lipinski definition) is 2. The Bertz CT molecular complexity index is 173. The lowest BCUT2D eigenvalue weighted by Crippen LogP contribution is -2.34. The monoisotopic (exact) mass is 201 g/mol. The summed E-state index contributed by atoms with van der Waals surface area (Å²) in [7, 11) is 0. The molecule has 3 nitrogen and oxygen atoms in total. The summed E-state index contributed by atoms with van der Waals surface area (Å²) < 4.78 is 0. The second-order valence-electron chi connectivity index (χ2n) is 5.07. The zero-order valence-corrected chi connectivity index (χ0v) is 9.76. The van der Waals surface area contributed by atoms with Crippen LogP contribution in [0.15, 0.2) is 0 Å². The minimum absolute atomic E-state index is 0.0424. The van der Waals surface area contributed by atoms with Gasteiger partial charge in [-0.2, -0.15) is 0 Å². The number of aliphatic hydroxyl groups is 1. The van der Waals surface area contributed by atoms with Crippen LogP contribution in [0.3, 0.4) is 0 Å². The zero-order valence-electron chi connectivity index (χ0n) is 9.76. The first-order valence-corrected chi connectivity index (χ1v) is 5.25. The van der Waals surface area contributed by atoms with Gasteiger partial charge in [-0.3, -0.25) is 4.79 Å². The van der Waals surface area contributed by atoms with Crippen LogP contribution in [0.4, 0.5) is 0 Å². The first-order valence-electron chi connectivity index (χ1n) is 5.25. The summed E-state index contributed by atoms with van der Waals surface area (Å²) in [5.74, 6) is 0.0999. The van der Waals surface area contributed by atoms with Gasteiger partial charge in [0, 0.05) is 19.1 Å². The van der Waals surface area contributed by atoms with E-state index in [4.69, 9.17) is 5.11 Å². The van der Waals surface area contributed by atoms with Gasteiger partial charge in [-0.15, -0.1) is 0 Å². The third-order valence-electron chi connectivity index (χ3n) is 1.89. The molecule has 0 saturated heterocycles. The topological polar surface area (TPSA) is 49.3 Å². The van der Waals surface area contributed by atoms with Gasteiger partial charge < -0.3 is 10.4 Å². The lowest BCUT2D eigenvalue weighted by atomic mass is 9.92. The fraction of sp³-hybridized carbons (Fsp3) is 0.909. The van der Waals surface area contributed by atoms with Crippen molar-refractivity contribution < 1.29 is 9.90 Å². The van der Waals surface area contributed by atoms with Gasteiger partial charge in [0.2, 0.25) is 5.91 Å². The molecule has 0 radical (unpaired) electrons. The van der Waals surface area contributed by atoms with Gasteiger partial charge in [0.1, 0.15) is 0 Å². The summed E-state index contributed by atoms with van der Waals surface area (Å²) in [5, 5.41) is 11.5. The van der Waals surface area contributed by atoms with Crippen LogP contribution in [0, 0.1) is 5.41 Å². The summed E-state index contributed by atoms with van der Waals surface area (Å²) in [4.78, 5) is 11.5. The maximum atomic E-state index is 11.5. The van der Waals surface area contributed by atoms with E-state index in [1.54, 1.807) is 0 Å². The van der Waals surface area contributed by atoms with Crippen molar-refractivity contribution in [1.29, 1.82) is 0 Å². The van der Waals surface area contributed by atoms with Gasteiger partial charge in [0.15, 0.2) is 0 Å². The second kappa shape index (κ2) is 6.02. The van der Waals surface area contributed by atoms with Gasteiger partial charge in [0.05, 0.1) is 0 Å². The number of nitrogens with one attached hydrogen (secondary N) is 1. The predicted molar refractivity (Wildman–Crippen MR) is 58.0 cm³/mol. The lowest BCUT2D eigenvalue weighted by Gasteiger charge is -2.19. The van der Waals surface area contributed by atoms with E-state index in [1.807, 2.05) is 27.7 Å². The highest BCUT2D eigenvalue weighted by molar-refractivity contribution is 5.76. The Morgan fingerprint density at radius 2 is 2.00 bits per heavy atom. The molecule has 0 bridgehead atoms. The Hall–Kier alpha value is -0.570. The first kappa shape index (κ1) is 13.4. The van der Waals surface area contributed by atoms with Crippen LogP contribution in [0.1, 0.15) is 47.0 Å². The Morgan fingerprint density at radius 1 is 1.43 bits per heavy atom. The van der Waals surface area contributed by atoms with E-state index in [1.165, 1.54) is 0 Å². The average molecular weight is 201 g/mol. The van der Waals surface area contributed by atoms with E-state index in [2.05, 4.69) is 5.32 Å². The Balaban J connectivity index is 3.71. The molecule has 3 heteroatoms. The van der Waals surface area contributed by atoms with Gasteiger partial charge in [0.25, 0.3) is 0 Å². The molecule has 0 heterocycles. The summed E-state index contributed by atoms with van der Waals surface area (Å²) in [6, 6.07) is 0.164. The minimum Gasteiger partial charge on any atom is -0.396 e. The number of amides is 1. The molecule has 1 amide bonds. The van der Waals surface area contributed by atoms with Crippen molar-refractivity contribution in [3.63, 3.8) is 0 Å². The van der Waals surface area contributed by atoms with Crippen molar-refractivity contribution >= 4 is 5.91 Å².